The number of nitrogens with zero attached hydrogens (tertiary/aromatic N) is 2. The quantitative estimate of drug-likeness (QED) is 0.536. The fourth-order valence-electron chi connectivity index (χ4n) is 2.17. The molecule has 4 heteroatoms. The minimum absolute atomic E-state index is 0.834. The van der Waals surface area contributed by atoms with Crippen molar-refractivity contribution in [3.8, 4) is 0 Å². The van der Waals surface area contributed by atoms with Gasteiger partial charge in [0.2, 0.25) is 5.13 Å². The summed E-state index contributed by atoms with van der Waals surface area (Å²) >= 11 is 1.62. The second kappa shape index (κ2) is 6.50. The van der Waals surface area contributed by atoms with Crippen LogP contribution in [-0.4, -0.2) is 10.7 Å². The lowest BCUT2D eigenvalue weighted by Crippen LogP contribution is -2.03. The van der Waals surface area contributed by atoms with Gasteiger partial charge < -0.3 is 0 Å². The molecule has 0 atom stereocenters. The van der Waals surface area contributed by atoms with Crippen molar-refractivity contribution in [1.29, 1.82) is 0 Å². The van der Waals surface area contributed by atoms with Gasteiger partial charge >= 0.3 is 0 Å². The number of fused-ring (bicyclic) bond motifs is 1. The minimum Gasteiger partial charge on any atom is -0.252 e. The zero-order valence-electron chi connectivity index (χ0n) is 11.9. The van der Waals surface area contributed by atoms with Crippen molar-refractivity contribution >= 4 is 32.4 Å². The molecule has 3 aromatic rings. The number of aromatic nitrogens is 1. The van der Waals surface area contributed by atoms with Gasteiger partial charge in [-0.1, -0.05) is 67.1 Å². The van der Waals surface area contributed by atoms with Crippen molar-refractivity contribution in [3.63, 3.8) is 0 Å². The summed E-state index contributed by atoms with van der Waals surface area (Å²) in [5.41, 5.74) is 6.35. The Hall–Kier alpha value is -2.20. The van der Waals surface area contributed by atoms with E-state index in [1.165, 1.54) is 4.70 Å². The lowest BCUT2D eigenvalue weighted by Gasteiger charge is -2.05. The molecule has 1 heterocycles. The van der Waals surface area contributed by atoms with E-state index in [4.69, 9.17) is 0 Å². The van der Waals surface area contributed by atoms with E-state index in [-0.39, 0.29) is 0 Å². The van der Waals surface area contributed by atoms with Gasteiger partial charge in [0, 0.05) is 0 Å². The standard InChI is InChI=1S/C17H17N3S/c1-2-8-14(13-9-4-3-5-10-13)19-20-17-18-15-11-6-7-12-16(15)21-17/h3-7,9-12H,2,8H2,1H3,(H,18,20)/b19-14+. The monoisotopic (exact) mass is 295 g/mol. The van der Waals surface area contributed by atoms with Gasteiger partial charge in [0.1, 0.15) is 0 Å². The van der Waals surface area contributed by atoms with Crippen LogP contribution in [-0.2, 0) is 0 Å². The van der Waals surface area contributed by atoms with Crippen LogP contribution < -0.4 is 5.43 Å². The van der Waals surface area contributed by atoms with Crippen LogP contribution in [0.5, 0.6) is 0 Å². The molecular weight excluding hydrogens is 278 g/mol. The number of anilines is 1. The summed E-state index contributed by atoms with van der Waals surface area (Å²) in [6.45, 7) is 2.16. The SMILES string of the molecule is CCC/C(=N\Nc1nc2ccccc2s1)c1ccccc1. The number of hydrogen-bond donors (Lipinski definition) is 1. The number of rotatable bonds is 5. The Morgan fingerprint density at radius 1 is 1.10 bits per heavy atom. The van der Waals surface area contributed by atoms with Gasteiger partial charge in [-0.05, 0) is 24.1 Å². The summed E-state index contributed by atoms with van der Waals surface area (Å²) in [6, 6.07) is 18.4. The lowest BCUT2D eigenvalue weighted by atomic mass is 10.1. The molecule has 0 radical (unpaired) electrons. The average Bonchev–Trinajstić information content (AvgIpc) is 2.95. The van der Waals surface area contributed by atoms with E-state index in [0.717, 1.165) is 34.8 Å². The summed E-state index contributed by atoms with van der Waals surface area (Å²) in [6.07, 6.45) is 2.01. The topological polar surface area (TPSA) is 37.3 Å². The van der Waals surface area contributed by atoms with Crippen LogP contribution in [0.4, 0.5) is 5.13 Å². The molecule has 0 bridgehead atoms. The molecule has 3 nitrogen and oxygen atoms in total. The van der Waals surface area contributed by atoms with Gasteiger partial charge in [-0.2, -0.15) is 5.10 Å². The molecule has 2 aromatic carbocycles. The fraction of sp³-hybridized carbons (Fsp3) is 0.176. The third kappa shape index (κ3) is 3.28. The second-order valence-electron chi connectivity index (χ2n) is 4.77. The molecule has 0 aliphatic heterocycles. The molecule has 3 rings (SSSR count). The number of hydrogen-bond acceptors (Lipinski definition) is 4. The van der Waals surface area contributed by atoms with Crippen LogP contribution in [0.15, 0.2) is 59.7 Å². The van der Waals surface area contributed by atoms with Gasteiger partial charge in [-0.3, -0.25) is 5.43 Å². The highest BCUT2D eigenvalue weighted by Gasteiger charge is 2.04. The van der Waals surface area contributed by atoms with Crippen LogP contribution in [0.3, 0.4) is 0 Å². The first-order valence-corrected chi connectivity index (χ1v) is 7.92. The third-order valence-corrected chi connectivity index (χ3v) is 4.12. The Morgan fingerprint density at radius 2 is 1.86 bits per heavy atom. The van der Waals surface area contributed by atoms with E-state index in [2.05, 4.69) is 40.6 Å². The van der Waals surface area contributed by atoms with Crippen LogP contribution in [0, 0.1) is 0 Å². The molecule has 0 aliphatic rings. The predicted octanol–water partition coefficient (Wildman–Crippen LogP) is 4.91. The number of nitrogens with one attached hydrogen (secondary N) is 1. The van der Waals surface area contributed by atoms with Gasteiger partial charge in [0.05, 0.1) is 15.9 Å². The number of benzene rings is 2. The minimum atomic E-state index is 0.834. The first-order valence-electron chi connectivity index (χ1n) is 7.10. The lowest BCUT2D eigenvalue weighted by molar-refractivity contribution is 0.987. The van der Waals surface area contributed by atoms with Crippen molar-refractivity contribution in [2.75, 3.05) is 5.43 Å². The van der Waals surface area contributed by atoms with Crippen LogP contribution in [0.25, 0.3) is 10.2 Å². The summed E-state index contributed by atoms with van der Waals surface area (Å²) in [5, 5.41) is 5.40. The van der Waals surface area contributed by atoms with Crippen LogP contribution in [0.2, 0.25) is 0 Å². The van der Waals surface area contributed by atoms with E-state index in [1.807, 2.05) is 36.4 Å². The Balaban J connectivity index is 1.84. The third-order valence-electron chi connectivity index (χ3n) is 3.17. The summed E-state index contributed by atoms with van der Waals surface area (Å²) < 4.78 is 1.17. The molecule has 1 aromatic heterocycles. The summed E-state index contributed by atoms with van der Waals surface area (Å²) in [7, 11) is 0. The fourth-order valence-corrected chi connectivity index (χ4v) is 2.98. The molecular formula is C17H17N3S. The van der Waals surface area contributed by atoms with Crippen LogP contribution in [0.1, 0.15) is 25.3 Å². The van der Waals surface area contributed by atoms with Gasteiger partial charge in [0.15, 0.2) is 0 Å². The van der Waals surface area contributed by atoms with Gasteiger partial charge in [-0.15, -0.1) is 0 Å². The number of thiazole rings is 1. The van der Waals surface area contributed by atoms with E-state index in [0.29, 0.717) is 0 Å². The van der Waals surface area contributed by atoms with Crippen molar-refractivity contribution in [2.45, 2.75) is 19.8 Å². The molecule has 0 saturated heterocycles. The molecule has 0 aliphatic carbocycles. The highest BCUT2D eigenvalue weighted by molar-refractivity contribution is 7.22. The molecule has 106 valence electrons. The molecule has 0 saturated carbocycles. The van der Waals surface area contributed by atoms with Crippen molar-refractivity contribution < 1.29 is 0 Å². The highest BCUT2D eigenvalue weighted by atomic mass is 32.1. The first-order chi connectivity index (χ1) is 10.4. The van der Waals surface area contributed by atoms with Crippen LogP contribution >= 0.6 is 11.3 Å². The Labute approximate surface area is 128 Å². The molecule has 0 spiro atoms. The zero-order chi connectivity index (χ0) is 14.5. The highest BCUT2D eigenvalue weighted by Crippen LogP contribution is 2.25. The first kappa shape index (κ1) is 13.8. The molecule has 0 fully saturated rings. The summed E-state index contributed by atoms with van der Waals surface area (Å²) in [5.74, 6) is 0. The Morgan fingerprint density at radius 3 is 2.62 bits per heavy atom. The average molecular weight is 295 g/mol. The van der Waals surface area contributed by atoms with Gasteiger partial charge in [-0.25, -0.2) is 4.98 Å². The Kier molecular flexibility index (Phi) is 4.26. The van der Waals surface area contributed by atoms with Crippen molar-refractivity contribution in [3.05, 3.63) is 60.2 Å². The number of para-hydroxylation sites is 1. The maximum Gasteiger partial charge on any atom is 0.204 e. The molecule has 0 unspecified atom stereocenters. The largest absolute Gasteiger partial charge is 0.252 e. The van der Waals surface area contributed by atoms with E-state index >= 15 is 0 Å². The Bertz CT molecular complexity index is 714. The van der Waals surface area contributed by atoms with Crippen molar-refractivity contribution in [1.82, 2.24) is 4.98 Å². The maximum atomic E-state index is 4.56. The summed E-state index contributed by atoms with van der Waals surface area (Å²) in [4.78, 5) is 4.54. The van der Waals surface area contributed by atoms with Gasteiger partial charge in [0.25, 0.3) is 0 Å². The smallest absolute Gasteiger partial charge is 0.204 e. The normalized spacial score (nSPS) is 11.8. The predicted molar refractivity (Wildman–Crippen MR) is 91.1 cm³/mol. The van der Waals surface area contributed by atoms with E-state index in [1.54, 1.807) is 11.3 Å². The molecule has 0 amide bonds. The molecule has 1 N–H and O–H groups in total. The zero-order valence-corrected chi connectivity index (χ0v) is 12.7. The molecule has 21 heavy (non-hydrogen) atoms. The number of hydrazone groups is 1. The second-order valence-corrected chi connectivity index (χ2v) is 5.80. The van der Waals surface area contributed by atoms with E-state index in [9.17, 15) is 0 Å². The van der Waals surface area contributed by atoms with E-state index < -0.39 is 0 Å². The maximum absolute atomic E-state index is 4.56. The van der Waals surface area contributed by atoms with Crippen molar-refractivity contribution in [2.24, 2.45) is 5.10 Å².